The average Bonchev–Trinajstić information content (AvgIpc) is 1.98. The van der Waals surface area contributed by atoms with E-state index in [2.05, 4.69) is 0 Å². The summed E-state index contributed by atoms with van der Waals surface area (Å²) in [6, 6.07) is 2.20. The van der Waals surface area contributed by atoms with Crippen LogP contribution in [0.15, 0.2) is 12.1 Å². The smallest absolute Gasteiger partial charge is 0.150 e. The quantitative estimate of drug-likeness (QED) is 0.701. The Kier molecular flexibility index (Phi) is 2.59. The third kappa shape index (κ3) is 1.98. The van der Waals surface area contributed by atoms with Gasteiger partial charge in [-0.25, -0.2) is 8.78 Å². The highest BCUT2D eigenvalue weighted by molar-refractivity contribution is 6.30. The molecule has 0 unspecified atom stereocenters. The van der Waals surface area contributed by atoms with E-state index in [1.165, 1.54) is 19.9 Å². The molecule has 0 aliphatic heterocycles. The summed E-state index contributed by atoms with van der Waals surface area (Å²) in [6.45, 7) is 2.80. The summed E-state index contributed by atoms with van der Waals surface area (Å²) in [5, 5.41) is 8.88. The minimum atomic E-state index is -1.36. The standard InChI is InChI=1S/C9H9ClF2O/c1-9(2,13)5-3-4-6(11)7(10)8(5)12/h3-4,13H,1-2H3. The van der Waals surface area contributed by atoms with Crippen molar-refractivity contribution in [2.75, 3.05) is 0 Å². The number of halogens is 3. The maximum atomic E-state index is 13.2. The Labute approximate surface area is 80.0 Å². The molecular formula is C9H9ClF2O. The van der Waals surface area contributed by atoms with Gasteiger partial charge < -0.3 is 5.11 Å². The lowest BCUT2D eigenvalue weighted by molar-refractivity contribution is 0.0744. The SMILES string of the molecule is CC(C)(O)c1ccc(F)c(Cl)c1F. The van der Waals surface area contributed by atoms with Crippen LogP contribution < -0.4 is 0 Å². The van der Waals surface area contributed by atoms with E-state index in [0.29, 0.717) is 0 Å². The van der Waals surface area contributed by atoms with Crippen LogP contribution in [0.4, 0.5) is 8.78 Å². The number of benzene rings is 1. The lowest BCUT2D eigenvalue weighted by atomic mass is 9.98. The van der Waals surface area contributed by atoms with E-state index in [1.807, 2.05) is 0 Å². The van der Waals surface area contributed by atoms with Crippen LogP contribution in [-0.2, 0) is 5.60 Å². The van der Waals surface area contributed by atoms with E-state index in [4.69, 9.17) is 11.6 Å². The molecule has 13 heavy (non-hydrogen) atoms. The topological polar surface area (TPSA) is 20.2 Å². The Hall–Kier alpha value is -0.670. The molecule has 72 valence electrons. The molecule has 0 spiro atoms. The molecule has 1 aromatic carbocycles. The predicted octanol–water partition coefficient (Wildman–Crippen LogP) is 2.85. The molecule has 1 N–H and O–H groups in total. The van der Waals surface area contributed by atoms with Gasteiger partial charge in [-0.15, -0.1) is 0 Å². The third-order valence-corrected chi connectivity index (χ3v) is 2.04. The minimum absolute atomic E-state index is 0.0149. The first kappa shape index (κ1) is 10.4. The highest BCUT2D eigenvalue weighted by Gasteiger charge is 2.23. The number of hydrogen-bond acceptors (Lipinski definition) is 1. The van der Waals surface area contributed by atoms with Gasteiger partial charge in [0.2, 0.25) is 0 Å². The summed E-state index contributed by atoms with van der Waals surface area (Å²) >= 11 is 5.33. The monoisotopic (exact) mass is 206 g/mol. The lowest BCUT2D eigenvalue weighted by Crippen LogP contribution is -2.17. The van der Waals surface area contributed by atoms with Crippen LogP contribution in [0.1, 0.15) is 19.4 Å². The molecule has 0 heterocycles. The zero-order valence-electron chi connectivity index (χ0n) is 7.24. The molecule has 0 saturated carbocycles. The molecule has 0 saturated heterocycles. The van der Waals surface area contributed by atoms with Crippen molar-refractivity contribution in [1.82, 2.24) is 0 Å². The molecule has 1 aromatic rings. The molecule has 1 nitrogen and oxygen atoms in total. The van der Waals surface area contributed by atoms with Crippen molar-refractivity contribution in [1.29, 1.82) is 0 Å². The maximum absolute atomic E-state index is 13.2. The van der Waals surface area contributed by atoms with E-state index in [9.17, 15) is 13.9 Å². The van der Waals surface area contributed by atoms with Crippen LogP contribution >= 0.6 is 11.6 Å². The summed E-state index contributed by atoms with van der Waals surface area (Å²) < 4.78 is 25.9. The van der Waals surface area contributed by atoms with Crippen molar-refractivity contribution in [3.63, 3.8) is 0 Å². The molecule has 0 amide bonds. The summed E-state index contributed by atoms with van der Waals surface area (Å²) in [4.78, 5) is 0. The lowest BCUT2D eigenvalue weighted by Gasteiger charge is -2.18. The molecule has 1 rings (SSSR count). The minimum Gasteiger partial charge on any atom is -0.386 e. The molecule has 0 atom stereocenters. The predicted molar refractivity (Wildman–Crippen MR) is 46.6 cm³/mol. The normalized spacial score (nSPS) is 11.8. The van der Waals surface area contributed by atoms with E-state index < -0.39 is 22.3 Å². The number of aliphatic hydroxyl groups is 1. The van der Waals surface area contributed by atoms with E-state index in [-0.39, 0.29) is 5.56 Å². The average molecular weight is 207 g/mol. The second-order valence-corrected chi connectivity index (χ2v) is 3.66. The molecule has 0 aromatic heterocycles. The molecular weight excluding hydrogens is 198 g/mol. The fourth-order valence-electron chi connectivity index (χ4n) is 0.998. The van der Waals surface area contributed by atoms with Crippen molar-refractivity contribution in [3.05, 3.63) is 34.4 Å². The summed E-state index contributed by atoms with van der Waals surface area (Å²) in [5.41, 5.74) is -1.37. The molecule has 0 radical (unpaired) electrons. The van der Waals surface area contributed by atoms with Crippen LogP contribution in [0.3, 0.4) is 0 Å². The van der Waals surface area contributed by atoms with Gasteiger partial charge in [0.15, 0.2) is 5.82 Å². The third-order valence-electron chi connectivity index (χ3n) is 1.69. The highest BCUT2D eigenvalue weighted by Crippen LogP contribution is 2.28. The Morgan fingerprint density at radius 1 is 1.31 bits per heavy atom. The Bertz CT molecular complexity index is 331. The van der Waals surface area contributed by atoms with Crippen LogP contribution in [0.25, 0.3) is 0 Å². The van der Waals surface area contributed by atoms with Gasteiger partial charge in [-0.3, -0.25) is 0 Å². The molecule has 0 aliphatic carbocycles. The van der Waals surface area contributed by atoms with Crippen LogP contribution in [-0.4, -0.2) is 5.11 Å². The number of hydrogen-bond donors (Lipinski definition) is 1. The molecule has 4 heteroatoms. The van der Waals surface area contributed by atoms with Gasteiger partial charge in [0, 0.05) is 5.56 Å². The van der Waals surface area contributed by atoms with Crippen LogP contribution in [0.2, 0.25) is 5.02 Å². The van der Waals surface area contributed by atoms with Gasteiger partial charge >= 0.3 is 0 Å². The van der Waals surface area contributed by atoms with E-state index in [0.717, 1.165) is 6.07 Å². The van der Waals surface area contributed by atoms with Gasteiger partial charge in [0.1, 0.15) is 10.8 Å². The highest BCUT2D eigenvalue weighted by atomic mass is 35.5. The van der Waals surface area contributed by atoms with Gasteiger partial charge in [0.25, 0.3) is 0 Å². The van der Waals surface area contributed by atoms with Gasteiger partial charge in [0.05, 0.1) is 5.60 Å². The first-order valence-electron chi connectivity index (χ1n) is 3.70. The van der Waals surface area contributed by atoms with Crippen LogP contribution in [0.5, 0.6) is 0 Å². The Balaban J connectivity index is 3.35. The van der Waals surface area contributed by atoms with Gasteiger partial charge in [-0.2, -0.15) is 0 Å². The van der Waals surface area contributed by atoms with Crippen molar-refractivity contribution >= 4 is 11.6 Å². The fraction of sp³-hybridized carbons (Fsp3) is 0.333. The Morgan fingerprint density at radius 3 is 2.31 bits per heavy atom. The summed E-state index contributed by atoms with van der Waals surface area (Å²) in [7, 11) is 0. The Morgan fingerprint density at radius 2 is 1.85 bits per heavy atom. The second-order valence-electron chi connectivity index (χ2n) is 3.28. The van der Waals surface area contributed by atoms with Gasteiger partial charge in [-0.1, -0.05) is 17.7 Å². The summed E-state index contributed by atoms with van der Waals surface area (Å²) in [5.74, 6) is -1.73. The summed E-state index contributed by atoms with van der Waals surface area (Å²) in [6.07, 6.45) is 0. The maximum Gasteiger partial charge on any atom is 0.150 e. The molecule has 0 bridgehead atoms. The van der Waals surface area contributed by atoms with Gasteiger partial charge in [-0.05, 0) is 19.9 Å². The van der Waals surface area contributed by atoms with Crippen molar-refractivity contribution in [2.24, 2.45) is 0 Å². The molecule has 0 fully saturated rings. The van der Waals surface area contributed by atoms with E-state index >= 15 is 0 Å². The van der Waals surface area contributed by atoms with E-state index in [1.54, 1.807) is 0 Å². The fourth-order valence-corrected chi connectivity index (χ4v) is 1.16. The zero-order valence-corrected chi connectivity index (χ0v) is 7.99. The first-order chi connectivity index (χ1) is 5.84. The second kappa shape index (κ2) is 3.24. The van der Waals surface area contributed by atoms with Crippen molar-refractivity contribution in [3.8, 4) is 0 Å². The first-order valence-corrected chi connectivity index (χ1v) is 4.08. The zero-order chi connectivity index (χ0) is 10.2. The van der Waals surface area contributed by atoms with Crippen molar-refractivity contribution < 1.29 is 13.9 Å². The largest absolute Gasteiger partial charge is 0.386 e. The molecule has 0 aliphatic rings. The van der Waals surface area contributed by atoms with Crippen LogP contribution in [0, 0.1) is 11.6 Å². The number of rotatable bonds is 1. The van der Waals surface area contributed by atoms with Crippen molar-refractivity contribution in [2.45, 2.75) is 19.4 Å².